The topological polar surface area (TPSA) is 53.4 Å². The van der Waals surface area contributed by atoms with Gasteiger partial charge in [0.15, 0.2) is 0 Å². The average Bonchev–Trinajstić information content (AvgIpc) is 3.00. The molecule has 1 aliphatic rings. The maximum absolute atomic E-state index is 11.7. The summed E-state index contributed by atoms with van der Waals surface area (Å²) in [6.07, 6.45) is 5.28. The van der Waals surface area contributed by atoms with E-state index in [1.54, 1.807) is 17.5 Å². The second-order valence-electron chi connectivity index (χ2n) is 5.77. The Morgan fingerprint density at radius 1 is 1.39 bits per heavy atom. The zero-order valence-electron chi connectivity index (χ0n) is 12.7. The number of hydrogen-bond donors (Lipinski definition) is 1. The van der Waals surface area contributed by atoms with Gasteiger partial charge in [0.05, 0.1) is 9.83 Å². The van der Waals surface area contributed by atoms with E-state index in [1.165, 1.54) is 4.88 Å². The van der Waals surface area contributed by atoms with E-state index in [2.05, 4.69) is 31.9 Å². The van der Waals surface area contributed by atoms with E-state index in [4.69, 9.17) is 0 Å². The minimum absolute atomic E-state index is 0.0580. The highest BCUT2D eigenvalue weighted by Gasteiger charge is 2.35. The van der Waals surface area contributed by atoms with Crippen LogP contribution in [0.5, 0.6) is 0 Å². The fourth-order valence-electron chi connectivity index (χ4n) is 3.20. The van der Waals surface area contributed by atoms with Gasteiger partial charge in [0.1, 0.15) is 6.04 Å². The molecule has 0 amide bonds. The summed E-state index contributed by atoms with van der Waals surface area (Å²) in [4.78, 5) is 19.5. The third-order valence-corrected chi connectivity index (χ3v) is 6.01. The number of thiophene rings is 1. The molecule has 0 aliphatic carbocycles. The number of carbonyl (C=O) groups is 1. The monoisotopic (exact) mass is 394 g/mol. The summed E-state index contributed by atoms with van der Waals surface area (Å²) < 4.78 is 1.07. The molecule has 4 nitrogen and oxygen atoms in total. The van der Waals surface area contributed by atoms with Crippen molar-refractivity contribution in [1.82, 2.24) is 9.88 Å². The van der Waals surface area contributed by atoms with Gasteiger partial charge in [0, 0.05) is 23.2 Å². The Kier molecular flexibility index (Phi) is 5.46. The molecular formula is C17H19BrN2O2S. The van der Waals surface area contributed by atoms with Crippen LogP contribution in [0.15, 0.2) is 40.3 Å². The summed E-state index contributed by atoms with van der Waals surface area (Å²) in [6.45, 7) is 0.823. The fraction of sp³-hybridized carbons (Fsp3) is 0.412. The van der Waals surface area contributed by atoms with Gasteiger partial charge < -0.3 is 5.11 Å². The number of nitrogens with zero attached hydrogens (tertiary/aromatic N) is 2. The van der Waals surface area contributed by atoms with Gasteiger partial charge in [-0.15, -0.1) is 11.3 Å². The summed E-state index contributed by atoms with van der Waals surface area (Å²) in [7, 11) is 0. The third kappa shape index (κ3) is 4.00. The van der Waals surface area contributed by atoms with Crippen molar-refractivity contribution >= 4 is 33.2 Å². The summed E-state index contributed by atoms with van der Waals surface area (Å²) in [5.74, 6) is -0.716. The standard InChI is InChI=1S/C17H19BrN2O2S/c18-16-8-7-15(23-16)14(11-12-5-1-3-9-19-12)20-10-4-2-6-13(20)17(21)22/h1,3,5,7-9,13-14H,2,4,6,10-11H2,(H,21,22). The number of halogens is 1. The molecule has 1 N–H and O–H groups in total. The number of aliphatic carboxylic acids is 1. The van der Waals surface area contributed by atoms with Crippen molar-refractivity contribution in [2.45, 2.75) is 37.8 Å². The molecule has 2 unspecified atom stereocenters. The van der Waals surface area contributed by atoms with Crippen LogP contribution in [0.4, 0.5) is 0 Å². The van der Waals surface area contributed by atoms with Gasteiger partial charge in [0.25, 0.3) is 0 Å². The lowest BCUT2D eigenvalue weighted by molar-refractivity contribution is -0.145. The van der Waals surface area contributed by atoms with E-state index in [0.717, 1.165) is 41.7 Å². The molecule has 122 valence electrons. The van der Waals surface area contributed by atoms with Crippen molar-refractivity contribution in [3.63, 3.8) is 0 Å². The normalized spacial score (nSPS) is 20.3. The molecule has 0 bridgehead atoms. The highest BCUT2D eigenvalue weighted by molar-refractivity contribution is 9.11. The maximum atomic E-state index is 11.7. The van der Waals surface area contributed by atoms with Crippen LogP contribution < -0.4 is 0 Å². The molecule has 2 aromatic rings. The number of piperidine rings is 1. The van der Waals surface area contributed by atoms with Gasteiger partial charge in [-0.2, -0.15) is 0 Å². The van der Waals surface area contributed by atoms with Crippen molar-refractivity contribution in [3.05, 3.63) is 50.9 Å². The molecule has 1 fully saturated rings. The quantitative estimate of drug-likeness (QED) is 0.827. The number of aromatic nitrogens is 1. The highest BCUT2D eigenvalue weighted by Crippen LogP contribution is 2.36. The second-order valence-corrected chi connectivity index (χ2v) is 8.27. The lowest BCUT2D eigenvalue weighted by atomic mass is 9.97. The van der Waals surface area contributed by atoms with E-state index in [1.807, 2.05) is 24.3 Å². The van der Waals surface area contributed by atoms with Gasteiger partial charge in [-0.05, 0) is 59.6 Å². The number of pyridine rings is 1. The molecule has 2 atom stereocenters. The number of carboxylic acids is 1. The predicted octanol–water partition coefficient (Wildman–Crippen LogP) is 4.13. The molecule has 0 radical (unpaired) electrons. The first-order chi connectivity index (χ1) is 11.1. The largest absolute Gasteiger partial charge is 0.480 e. The number of carboxylic acid groups (broad SMARTS) is 1. The lowest BCUT2D eigenvalue weighted by Gasteiger charge is -2.38. The fourth-order valence-corrected chi connectivity index (χ4v) is 4.74. The summed E-state index contributed by atoms with van der Waals surface area (Å²) in [5.41, 5.74) is 0.997. The Balaban J connectivity index is 1.92. The van der Waals surface area contributed by atoms with E-state index >= 15 is 0 Å². The molecule has 1 saturated heterocycles. The highest BCUT2D eigenvalue weighted by atomic mass is 79.9. The Hall–Kier alpha value is -1.24. The first-order valence-corrected chi connectivity index (χ1v) is 9.40. The summed E-state index contributed by atoms with van der Waals surface area (Å²) in [6, 6.07) is 9.67. The molecule has 0 aromatic carbocycles. The second kappa shape index (κ2) is 7.55. The summed E-state index contributed by atoms with van der Waals surface area (Å²) in [5, 5.41) is 9.61. The Labute approximate surface area is 148 Å². The van der Waals surface area contributed by atoms with E-state index in [9.17, 15) is 9.90 Å². The van der Waals surface area contributed by atoms with Crippen LogP contribution in [0.1, 0.15) is 35.9 Å². The van der Waals surface area contributed by atoms with Gasteiger partial charge in [-0.3, -0.25) is 14.7 Å². The predicted molar refractivity (Wildman–Crippen MR) is 94.7 cm³/mol. The first kappa shape index (κ1) is 16.6. The van der Waals surface area contributed by atoms with Gasteiger partial charge in [-0.25, -0.2) is 0 Å². The van der Waals surface area contributed by atoms with Crippen molar-refractivity contribution in [2.75, 3.05) is 6.54 Å². The molecule has 2 aromatic heterocycles. The summed E-state index contributed by atoms with van der Waals surface area (Å²) >= 11 is 5.20. The van der Waals surface area contributed by atoms with Gasteiger partial charge in [0.2, 0.25) is 0 Å². The number of rotatable bonds is 5. The first-order valence-electron chi connectivity index (χ1n) is 7.79. The van der Waals surface area contributed by atoms with E-state index in [-0.39, 0.29) is 6.04 Å². The Morgan fingerprint density at radius 2 is 2.26 bits per heavy atom. The van der Waals surface area contributed by atoms with Crippen molar-refractivity contribution < 1.29 is 9.90 Å². The Morgan fingerprint density at radius 3 is 2.91 bits per heavy atom. The smallest absolute Gasteiger partial charge is 0.320 e. The molecule has 6 heteroatoms. The van der Waals surface area contributed by atoms with Gasteiger partial charge >= 0.3 is 5.97 Å². The van der Waals surface area contributed by atoms with Gasteiger partial charge in [-0.1, -0.05) is 12.5 Å². The average molecular weight is 395 g/mol. The zero-order chi connectivity index (χ0) is 16.2. The van der Waals surface area contributed by atoms with Crippen LogP contribution >= 0.6 is 27.3 Å². The van der Waals surface area contributed by atoms with Crippen LogP contribution in [0, 0.1) is 0 Å². The van der Waals surface area contributed by atoms with Crippen LogP contribution in [0.25, 0.3) is 0 Å². The van der Waals surface area contributed by atoms with Crippen LogP contribution in [-0.2, 0) is 11.2 Å². The molecule has 23 heavy (non-hydrogen) atoms. The number of likely N-dealkylation sites (tertiary alicyclic amines) is 1. The SMILES string of the molecule is O=C(O)C1CCCCN1C(Cc1ccccn1)c1ccc(Br)s1. The molecule has 3 rings (SSSR count). The van der Waals surface area contributed by atoms with Crippen LogP contribution in [0.2, 0.25) is 0 Å². The zero-order valence-corrected chi connectivity index (χ0v) is 15.1. The molecule has 0 saturated carbocycles. The molecule has 0 spiro atoms. The van der Waals surface area contributed by atoms with E-state index in [0.29, 0.717) is 0 Å². The maximum Gasteiger partial charge on any atom is 0.320 e. The molecule has 1 aliphatic heterocycles. The Bertz CT molecular complexity index is 662. The molecule has 3 heterocycles. The van der Waals surface area contributed by atoms with Crippen LogP contribution in [-0.4, -0.2) is 33.5 Å². The van der Waals surface area contributed by atoms with E-state index < -0.39 is 12.0 Å². The van der Waals surface area contributed by atoms with Crippen molar-refractivity contribution in [3.8, 4) is 0 Å². The van der Waals surface area contributed by atoms with Crippen LogP contribution in [0.3, 0.4) is 0 Å². The molecular weight excluding hydrogens is 376 g/mol. The van der Waals surface area contributed by atoms with Crippen molar-refractivity contribution in [2.24, 2.45) is 0 Å². The minimum atomic E-state index is -0.716. The minimum Gasteiger partial charge on any atom is -0.480 e. The lowest BCUT2D eigenvalue weighted by Crippen LogP contribution is -2.47. The van der Waals surface area contributed by atoms with Crippen molar-refractivity contribution in [1.29, 1.82) is 0 Å². The number of hydrogen-bond acceptors (Lipinski definition) is 4. The third-order valence-electron chi connectivity index (χ3n) is 4.28.